The van der Waals surface area contributed by atoms with Crippen molar-refractivity contribution in [2.75, 3.05) is 0 Å². The van der Waals surface area contributed by atoms with Gasteiger partial charge in [0.1, 0.15) is 0 Å². The van der Waals surface area contributed by atoms with Crippen molar-refractivity contribution < 1.29 is 5.11 Å². The molecule has 1 aliphatic rings. The van der Waals surface area contributed by atoms with Crippen LogP contribution in [-0.2, 0) is 5.41 Å². The summed E-state index contributed by atoms with van der Waals surface area (Å²) in [6.45, 7) is 4.07. The summed E-state index contributed by atoms with van der Waals surface area (Å²) in [5.41, 5.74) is 7.20. The van der Waals surface area contributed by atoms with Crippen LogP contribution in [0.4, 0.5) is 0 Å². The van der Waals surface area contributed by atoms with Gasteiger partial charge in [-0.1, -0.05) is 44.0 Å². The first-order chi connectivity index (χ1) is 9.46. The number of nitrogens with two attached hydrogens (primary N) is 1. The zero-order chi connectivity index (χ0) is 14.8. The Bertz CT molecular complexity index is 435. The molecule has 0 bridgehead atoms. The standard InChI is InChI=1S/C17H26ClNO/c1-3-16(20,4-2)12-15(19)17(10-5-11-17)13-6-8-14(18)9-7-13/h6-9,15,20H,3-5,10-12,19H2,1-2H3. The lowest BCUT2D eigenvalue weighted by molar-refractivity contribution is 0.00149. The minimum atomic E-state index is -0.631. The van der Waals surface area contributed by atoms with Gasteiger partial charge in [0.15, 0.2) is 0 Å². The van der Waals surface area contributed by atoms with E-state index in [4.69, 9.17) is 17.3 Å². The molecule has 20 heavy (non-hydrogen) atoms. The molecule has 1 saturated carbocycles. The van der Waals surface area contributed by atoms with Crippen molar-refractivity contribution in [1.82, 2.24) is 0 Å². The summed E-state index contributed by atoms with van der Waals surface area (Å²) < 4.78 is 0. The molecule has 112 valence electrons. The molecule has 0 heterocycles. The third-order valence-corrected chi connectivity index (χ3v) is 5.54. The molecular weight excluding hydrogens is 270 g/mol. The maximum Gasteiger partial charge on any atom is 0.0657 e. The van der Waals surface area contributed by atoms with Gasteiger partial charge in [0.05, 0.1) is 5.60 Å². The Hall–Kier alpha value is -0.570. The Labute approximate surface area is 127 Å². The number of halogens is 1. The van der Waals surface area contributed by atoms with Crippen LogP contribution in [0.3, 0.4) is 0 Å². The third kappa shape index (κ3) is 2.88. The van der Waals surface area contributed by atoms with Crippen LogP contribution in [0.2, 0.25) is 5.02 Å². The molecule has 0 radical (unpaired) electrons. The summed E-state index contributed by atoms with van der Waals surface area (Å²) >= 11 is 5.98. The Morgan fingerprint density at radius 3 is 2.20 bits per heavy atom. The van der Waals surface area contributed by atoms with Crippen LogP contribution in [0.15, 0.2) is 24.3 Å². The van der Waals surface area contributed by atoms with E-state index >= 15 is 0 Å². The van der Waals surface area contributed by atoms with Crippen LogP contribution in [0.5, 0.6) is 0 Å². The van der Waals surface area contributed by atoms with Gasteiger partial charge in [0.25, 0.3) is 0 Å². The molecular formula is C17H26ClNO. The molecule has 1 aliphatic carbocycles. The summed E-state index contributed by atoms with van der Waals surface area (Å²) in [6.07, 6.45) is 5.62. The van der Waals surface area contributed by atoms with Crippen LogP contribution < -0.4 is 5.73 Å². The van der Waals surface area contributed by atoms with Crippen LogP contribution in [0.25, 0.3) is 0 Å². The van der Waals surface area contributed by atoms with Crippen molar-refractivity contribution in [2.24, 2.45) is 5.73 Å². The van der Waals surface area contributed by atoms with E-state index < -0.39 is 5.60 Å². The van der Waals surface area contributed by atoms with Gasteiger partial charge in [0.2, 0.25) is 0 Å². The lowest BCUT2D eigenvalue weighted by Crippen LogP contribution is -2.53. The van der Waals surface area contributed by atoms with Gasteiger partial charge in [-0.25, -0.2) is 0 Å². The predicted molar refractivity (Wildman–Crippen MR) is 85.1 cm³/mol. The smallest absolute Gasteiger partial charge is 0.0657 e. The molecule has 1 fully saturated rings. The monoisotopic (exact) mass is 295 g/mol. The Morgan fingerprint density at radius 1 is 1.25 bits per heavy atom. The maximum absolute atomic E-state index is 10.6. The highest BCUT2D eigenvalue weighted by Gasteiger charge is 2.45. The molecule has 3 N–H and O–H groups in total. The van der Waals surface area contributed by atoms with E-state index in [1.807, 2.05) is 26.0 Å². The van der Waals surface area contributed by atoms with Gasteiger partial charge in [0, 0.05) is 16.5 Å². The quantitative estimate of drug-likeness (QED) is 0.832. The second-order valence-electron chi connectivity index (χ2n) is 6.26. The maximum atomic E-state index is 10.6. The van der Waals surface area contributed by atoms with Crippen molar-refractivity contribution >= 4 is 11.6 Å². The summed E-state index contributed by atoms with van der Waals surface area (Å²) in [6, 6.07) is 8.07. The number of aliphatic hydroxyl groups is 1. The summed E-state index contributed by atoms with van der Waals surface area (Å²) in [7, 11) is 0. The van der Waals surface area contributed by atoms with E-state index in [9.17, 15) is 5.11 Å². The largest absolute Gasteiger partial charge is 0.390 e. The number of benzene rings is 1. The minimum absolute atomic E-state index is 0.00215. The van der Waals surface area contributed by atoms with E-state index in [1.54, 1.807) is 0 Å². The molecule has 3 heteroatoms. The molecule has 0 spiro atoms. The summed E-state index contributed by atoms with van der Waals surface area (Å²) in [5.74, 6) is 0. The first kappa shape index (κ1) is 15.8. The van der Waals surface area contributed by atoms with Crippen LogP contribution >= 0.6 is 11.6 Å². The highest BCUT2D eigenvalue weighted by atomic mass is 35.5. The van der Waals surface area contributed by atoms with E-state index in [-0.39, 0.29) is 11.5 Å². The Kier molecular flexibility index (Phi) is 4.78. The summed E-state index contributed by atoms with van der Waals surface area (Å²) in [4.78, 5) is 0. The van der Waals surface area contributed by atoms with Crippen LogP contribution in [0, 0.1) is 0 Å². The number of rotatable bonds is 6. The molecule has 0 amide bonds. The lowest BCUT2D eigenvalue weighted by Gasteiger charge is -2.49. The summed E-state index contributed by atoms with van der Waals surface area (Å²) in [5, 5.41) is 11.3. The lowest BCUT2D eigenvalue weighted by atomic mass is 9.58. The number of hydrogen-bond acceptors (Lipinski definition) is 2. The Balaban J connectivity index is 2.20. The second-order valence-corrected chi connectivity index (χ2v) is 6.70. The van der Waals surface area contributed by atoms with E-state index in [0.717, 1.165) is 30.7 Å². The number of hydrogen-bond donors (Lipinski definition) is 2. The zero-order valence-corrected chi connectivity index (χ0v) is 13.3. The molecule has 1 unspecified atom stereocenters. The van der Waals surface area contributed by atoms with Gasteiger partial charge in [-0.05, 0) is 49.8 Å². The fourth-order valence-electron chi connectivity index (χ4n) is 3.36. The highest BCUT2D eigenvalue weighted by molar-refractivity contribution is 6.30. The molecule has 1 atom stereocenters. The van der Waals surface area contributed by atoms with Crippen molar-refractivity contribution in [3.63, 3.8) is 0 Å². The highest BCUT2D eigenvalue weighted by Crippen LogP contribution is 2.48. The van der Waals surface area contributed by atoms with Gasteiger partial charge < -0.3 is 10.8 Å². The molecule has 2 nitrogen and oxygen atoms in total. The average molecular weight is 296 g/mol. The molecule has 0 aromatic heterocycles. The molecule has 2 rings (SSSR count). The molecule has 1 aromatic rings. The third-order valence-electron chi connectivity index (χ3n) is 5.29. The van der Waals surface area contributed by atoms with Crippen molar-refractivity contribution in [2.45, 2.75) is 69.4 Å². The molecule has 0 saturated heterocycles. The SMILES string of the molecule is CCC(O)(CC)CC(N)C1(c2ccc(Cl)cc2)CCC1. The van der Waals surface area contributed by atoms with Crippen molar-refractivity contribution in [3.8, 4) is 0 Å². The van der Waals surface area contributed by atoms with Gasteiger partial charge in [-0.3, -0.25) is 0 Å². The first-order valence-corrected chi connectivity index (χ1v) is 8.07. The van der Waals surface area contributed by atoms with Crippen LogP contribution in [0.1, 0.15) is 57.9 Å². The molecule has 0 aliphatic heterocycles. The fourth-order valence-corrected chi connectivity index (χ4v) is 3.48. The van der Waals surface area contributed by atoms with Gasteiger partial charge >= 0.3 is 0 Å². The second kappa shape index (κ2) is 6.05. The average Bonchev–Trinajstić information content (AvgIpc) is 2.39. The zero-order valence-electron chi connectivity index (χ0n) is 12.5. The van der Waals surface area contributed by atoms with Gasteiger partial charge in [-0.2, -0.15) is 0 Å². The first-order valence-electron chi connectivity index (χ1n) is 7.70. The predicted octanol–water partition coefficient (Wildman–Crippen LogP) is 4.03. The normalized spacial score (nSPS) is 19.4. The van der Waals surface area contributed by atoms with E-state index in [2.05, 4.69) is 12.1 Å². The Morgan fingerprint density at radius 2 is 1.80 bits per heavy atom. The van der Waals surface area contributed by atoms with Crippen LogP contribution in [-0.4, -0.2) is 16.7 Å². The van der Waals surface area contributed by atoms with E-state index in [0.29, 0.717) is 6.42 Å². The molecule has 1 aromatic carbocycles. The van der Waals surface area contributed by atoms with Crippen molar-refractivity contribution in [3.05, 3.63) is 34.9 Å². The van der Waals surface area contributed by atoms with E-state index in [1.165, 1.54) is 12.0 Å². The topological polar surface area (TPSA) is 46.2 Å². The van der Waals surface area contributed by atoms with Crippen molar-refractivity contribution in [1.29, 1.82) is 0 Å². The fraction of sp³-hybridized carbons (Fsp3) is 0.647. The van der Waals surface area contributed by atoms with Gasteiger partial charge in [-0.15, -0.1) is 0 Å². The minimum Gasteiger partial charge on any atom is -0.390 e.